The van der Waals surface area contributed by atoms with Crippen LogP contribution >= 0.6 is 11.6 Å². The highest BCUT2D eigenvalue weighted by molar-refractivity contribution is 6.29. The van der Waals surface area contributed by atoms with Gasteiger partial charge in [-0.15, -0.1) is 5.10 Å². The molecule has 1 aromatic rings. The summed E-state index contributed by atoms with van der Waals surface area (Å²) < 4.78 is 0. The first-order valence-corrected chi connectivity index (χ1v) is 7.66. The monoisotopic (exact) mass is 266 g/mol. The molecule has 0 radical (unpaired) electrons. The summed E-state index contributed by atoms with van der Waals surface area (Å²) >= 11 is 5.77. The van der Waals surface area contributed by atoms with Crippen molar-refractivity contribution in [2.75, 3.05) is 0 Å². The fourth-order valence-electron chi connectivity index (χ4n) is 2.97. The molecule has 1 aliphatic carbocycles. The SMILES string of the molecule is CCCCC[C@H]1CC[C@H](c2ccc(Cl)nn2)CC1. The molecule has 0 saturated heterocycles. The molecule has 18 heavy (non-hydrogen) atoms. The lowest BCUT2D eigenvalue weighted by Gasteiger charge is -2.27. The number of halogens is 1. The summed E-state index contributed by atoms with van der Waals surface area (Å²) in [6, 6.07) is 3.90. The van der Waals surface area contributed by atoms with E-state index in [4.69, 9.17) is 11.6 Å². The molecule has 1 aliphatic rings. The number of unbranched alkanes of at least 4 members (excludes halogenated alkanes) is 2. The Bertz CT molecular complexity index is 342. The van der Waals surface area contributed by atoms with Gasteiger partial charge in [-0.05, 0) is 43.7 Å². The second kappa shape index (κ2) is 7.08. The Balaban J connectivity index is 1.77. The van der Waals surface area contributed by atoms with E-state index in [0.29, 0.717) is 11.1 Å². The quantitative estimate of drug-likeness (QED) is 0.702. The van der Waals surface area contributed by atoms with Gasteiger partial charge in [-0.2, -0.15) is 5.10 Å². The van der Waals surface area contributed by atoms with Crippen LogP contribution in [0.3, 0.4) is 0 Å². The third-order valence-corrected chi connectivity index (χ3v) is 4.34. The van der Waals surface area contributed by atoms with E-state index in [1.807, 2.05) is 12.1 Å². The highest BCUT2D eigenvalue weighted by Gasteiger charge is 2.23. The molecule has 100 valence electrons. The van der Waals surface area contributed by atoms with E-state index in [1.165, 1.54) is 51.4 Å². The maximum absolute atomic E-state index is 5.77. The van der Waals surface area contributed by atoms with Crippen molar-refractivity contribution in [1.82, 2.24) is 10.2 Å². The maximum Gasteiger partial charge on any atom is 0.151 e. The minimum atomic E-state index is 0.493. The standard InChI is InChI=1S/C15H23ClN2/c1-2-3-4-5-12-6-8-13(9-7-12)14-10-11-15(16)18-17-14/h10-13H,2-9H2,1H3/t12-,13-. The minimum Gasteiger partial charge on any atom is -0.154 e. The van der Waals surface area contributed by atoms with Gasteiger partial charge in [0, 0.05) is 5.92 Å². The summed E-state index contributed by atoms with van der Waals surface area (Å²) in [5.74, 6) is 1.56. The first-order chi connectivity index (χ1) is 8.79. The molecule has 1 saturated carbocycles. The van der Waals surface area contributed by atoms with Crippen molar-refractivity contribution >= 4 is 11.6 Å². The Labute approximate surface area is 115 Å². The Morgan fingerprint density at radius 3 is 2.50 bits per heavy atom. The normalized spacial score (nSPS) is 24.1. The highest BCUT2D eigenvalue weighted by atomic mass is 35.5. The molecule has 0 bridgehead atoms. The molecule has 2 nitrogen and oxygen atoms in total. The molecule has 0 atom stereocenters. The van der Waals surface area contributed by atoms with Crippen molar-refractivity contribution in [3.05, 3.63) is 23.0 Å². The average molecular weight is 267 g/mol. The van der Waals surface area contributed by atoms with Crippen LogP contribution in [-0.2, 0) is 0 Å². The molecule has 0 aromatic carbocycles. The number of hydrogen-bond donors (Lipinski definition) is 0. The van der Waals surface area contributed by atoms with Crippen LogP contribution < -0.4 is 0 Å². The third-order valence-electron chi connectivity index (χ3n) is 4.13. The lowest BCUT2D eigenvalue weighted by molar-refractivity contribution is 0.299. The summed E-state index contributed by atoms with van der Waals surface area (Å²) in [7, 11) is 0. The zero-order chi connectivity index (χ0) is 12.8. The zero-order valence-corrected chi connectivity index (χ0v) is 12.0. The van der Waals surface area contributed by atoms with Crippen LogP contribution in [0.15, 0.2) is 12.1 Å². The number of rotatable bonds is 5. The lowest BCUT2D eigenvalue weighted by atomic mass is 9.78. The fourth-order valence-corrected chi connectivity index (χ4v) is 3.07. The van der Waals surface area contributed by atoms with Crippen molar-refractivity contribution in [1.29, 1.82) is 0 Å². The molecular weight excluding hydrogens is 244 g/mol. The van der Waals surface area contributed by atoms with Crippen LogP contribution in [0.5, 0.6) is 0 Å². The second-order valence-corrected chi connectivity index (χ2v) is 5.88. The summed E-state index contributed by atoms with van der Waals surface area (Å²) in [6.45, 7) is 2.27. The Kier molecular flexibility index (Phi) is 5.43. The molecule has 0 aliphatic heterocycles. The largest absolute Gasteiger partial charge is 0.154 e. The zero-order valence-electron chi connectivity index (χ0n) is 11.2. The van der Waals surface area contributed by atoms with Gasteiger partial charge < -0.3 is 0 Å². The third kappa shape index (κ3) is 3.94. The molecule has 0 amide bonds. The van der Waals surface area contributed by atoms with Gasteiger partial charge in [-0.25, -0.2) is 0 Å². The predicted molar refractivity (Wildman–Crippen MR) is 75.9 cm³/mol. The van der Waals surface area contributed by atoms with E-state index in [2.05, 4.69) is 17.1 Å². The maximum atomic E-state index is 5.77. The molecule has 0 N–H and O–H groups in total. The Morgan fingerprint density at radius 1 is 1.11 bits per heavy atom. The predicted octanol–water partition coefficient (Wildman–Crippen LogP) is 4.98. The van der Waals surface area contributed by atoms with E-state index in [9.17, 15) is 0 Å². The van der Waals surface area contributed by atoms with Crippen LogP contribution in [0.4, 0.5) is 0 Å². The van der Waals surface area contributed by atoms with E-state index < -0.39 is 0 Å². The van der Waals surface area contributed by atoms with Crippen LogP contribution in [0.1, 0.15) is 69.9 Å². The van der Waals surface area contributed by atoms with Crippen molar-refractivity contribution in [2.24, 2.45) is 5.92 Å². The topological polar surface area (TPSA) is 25.8 Å². The fraction of sp³-hybridized carbons (Fsp3) is 0.733. The molecule has 0 unspecified atom stereocenters. The number of nitrogens with zero attached hydrogens (tertiary/aromatic N) is 2. The summed E-state index contributed by atoms with van der Waals surface area (Å²) in [5, 5.41) is 8.66. The van der Waals surface area contributed by atoms with Gasteiger partial charge in [0.25, 0.3) is 0 Å². The van der Waals surface area contributed by atoms with Gasteiger partial charge in [0.05, 0.1) is 5.69 Å². The van der Waals surface area contributed by atoms with Crippen LogP contribution in [-0.4, -0.2) is 10.2 Å². The van der Waals surface area contributed by atoms with Gasteiger partial charge >= 0.3 is 0 Å². The van der Waals surface area contributed by atoms with Gasteiger partial charge in [0.2, 0.25) is 0 Å². The smallest absolute Gasteiger partial charge is 0.151 e. The van der Waals surface area contributed by atoms with E-state index >= 15 is 0 Å². The molecule has 0 spiro atoms. The number of hydrogen-bond acceptors (Lipinski definition) is 2. The van der Waals surface area contributed by atoms with Gasteiger partial charge in [-0.3, -0.25) is 0 Å². The molecule has 1 aromatic heterocycles. The van der Waals surface area contributed by atoms with Crippen LogP contribution in [0, 0.1) is 5.92 Å². The Hall–Kier alpha value is -0.630. The minimum absolute atomic E-state index is 0.493. The van der Waals surface area contributed by atoms with Crippen LogP contribution in [0.2, 0.25) is 5.15 Å². The van der Waals surface area contributed by atoms with Crippen molar-refractivity contribution in [3.63, 3.8) is 0 Å². The van der Waals surface area contributed by atoms with E-state index in [-0.39, 0.29) is 0 Å². The summed E-state index contributed by atoms with van der Waals surface area (Å²) in [4.78, 5) is 0. The highest BCUT2D eigenvalue weighted by Crippen LogP contribution is 2.36. The molecular formula is C15H23ClN2. The molecule has 2 rings (SSSR count). The van der Waals surface area contributed by atoms with E-state index in [0.717, 1.165) is 11.6 Å². The van der Waals surface area contributed by atoms with E-state index in [1.54, 1.807) is 0 Å². The Morgan fingerprint density at radius 2 is 1.89 bits per heavy atom. The lowest BCUT2D eigenvalue weighted by Crippen LogP contribution is -2.14. The van der Waals surface area contributed by atoms with Crippen molar-refractivity contribution < 1.29 is 0 Å². The summed E-state index contributed by atoms with van der Waals surface area (Å²) in [5.41, 5.74) is 1.13. The number of aromatic nitrogens is 2. The molecule has 1 heterocycles. The van der Waals surface area contributed by atoms with Gasteiger partial charge in [0.1, 0.15) is 0 Å². The first-order valence-electron chi connectivity index (χ1n) is 7.28. The van der Waals surface area contributed by atoms with Crippen molar-refractivity contribution in [2.45, 2.75) is 64.2 Å². The van der Waals surface area contributed by atoms with Gasteiger partial charge in [-0.1, -0.05) is 44.2 Å². The van der Waals surface area contributed by atoms with Crippen molar-refractivity contribution in [3.8, 4) is 0 Å². The average Bonchev–Trinajstić information content (AvgIpc) is 2.41. The van der Waals surface area contributed by atoms with Gasteiger partial charge in [0.15, 0.2) is 5.15 Å². The summed E-state index contributed by atoms with van der Waals surface area (Å²) in [6.07, 6.45) is 10.8. The van der Waals surface area contributed by atoms with Crippen LogP contribution in [0.25, 0.3) is 0 Å². The molecule has 3 heteroatoms. The second-order valence-electron chi connectivity index (χ2n) is 5.49. The molecule has 1 fully saturated rings. The first kappa shape index (κ1) is 13.8.